The van der Waals surface area contributed by atoms with Crippen LogP contribution in [-0.4, -0.2) is 27.5 Å². The highest BCUT2D eigenvalue weighted by Crippen LogP contribution is 2.35. The van der Waals surface area contributed by atoms with Crippen molar-refractivity contribution < 1.29 is 14.7 Å². The van der Waals surface area contributed by atoms with E-state index in [-0.39, 0.29) is 12.3 Å². The molecule has 1 aliphatic carbocycles. The maximum Gasteiger partial charge on any atom is 0.305 e. The summed E-state index contributed by atoms with van der Waals surface area (Å²) in [7, 11) is 0. The molecule has 0 saturated heterocycles. The van der Waals surface area contributed by atoms with Crippen LogP contribution in [0.15, 0.2) is 35.7 Å². The van der Waals surface area contributed by atoms with Crippen LogP contribution in [0.25, 0.3) is 10.6 Å². The average molecular weight is 316 g/mol. The summed E-state index contributed by atoms with van der Waals surface area (Å²) in [4.78, 5) is 27.6. The minimum Gasteiger partial charge on any atom is -0.481 e. The number of carboxylic acid groups (broad SMARTS) is 1. The van der Waals surface area contributed by atoms with E-state index in [1.807, 2.05) is 30.3 Å². The topological polar surface area (TPSA) is 79.3 Å². The Kier molecular flexibility index (Phi) is 3.94. The Morgan fingerprint density at radius 2 is 2.00 bits per heavy atom. The van der Waals surface area contributed by atoms with Gasteiger partial charge in [0.05, 0.1) is 12.0 Å². The summed E-state index contributed by atoms with van der Waals surface area (Å²) in [5.74, 6) is -1.18. The van der Waals surface area contributed by atoms with E-state index in [2.05, 4.69) is 10.3 Å². The van der Waals surface area contributed by atoms with E-state index in [1.165, 1.54) is 11.3 Å². The highest BCUT2D eigenvalue weighted by atomic mass is 32.1. The molecule has 0 aliphatic heterocycles. The van der Waals surface area contributed by atoms with Gasteiger partial charge in [-0.25, -0.2) is 4.98 Å². The van der Waals surface area contributed by atoms with Gasteiger partial charge < -0.3 is 10.4 Å². The Hall–Kier alpha value is -2.21. The summed E-state index contributed by atoms with van der Waals surface area (Å²) in [5, 5.41) is 14.3. The van der Waals surface area contributed by atoms with Gasteiger partial charge in [-0.3, -0.25) is 9.59 Å². The lowest BCUT2D eigenvalue weighted by Crippen LogP contribution is -2.54. The lowest BCUT2D eigenvalue weighted by Gasteiger charge is -2.41. The van der Waals surface area contributed by atoms with Crippen LogP contribution < -0.4 is 5.32 Å². The smallest absolute Gasteiger partial charge is 0.305 e. The van der Waals surface area contributed by atoms with Crippen LogP contribution in [-0.2, 0) is 4.79 Å². The first-order chi connectivity index (χ1) is 10.6. The molecule has 0 bridgehead atoms. The molecule has 1 heterocycles. The number of amides is 1. The molecule has 22 heavy (non-hydrogen) atoms. The number of hydrogen-bond acceptors (Lipinski definition) is 4. The molecule has 2 aromatic rings. The second kappa shape index (κ2) is 5.88. The molecule has 114 valence electrons. The lowest BCUT2D eigenvalue weighted by molar-refractivity contribution is -0.139. The molecule has 1 saturated carbocycles. The molecule has 3 rings (SSSR count). The van der Waals surface area contributed by atoms with Crippen molar-refractivity contribution in [1.29, 1.82) is 0 Å². The summed E-state index contributed by atoms with van der Waals surface area (Å²) in [6.07, 6.45) is 2.33. The van der Waals surface area contributed by atoms with Gasteiger partial charge in [-0.05, 0) is 19.3 Å². The van der Waals surface area contributed by atoms with E-state index >= 15 is 0 Å². The third kappa shape index (κ3) is 3.01. The van der Waals surface area contributed by atoms with Crippen molar-refractivity contribution >= 4 is 23.2 Å². The zero-order valence-corrected chi connectivity index (χ0v) is 12.7. The lowest BCUT2D eigenvalue weighted by atomic mass is 9.74. The van der Waals surface area contributed by atoms with E-state index < -0.39 is 11.5 Å². The van der Waals surface area contributed by atoms with E-state index in [0.717, 1.165) is 17.0 Å². The highest BCUT2D eigenvalue weighted by Gasteiger charge is 2.40. The third-order valence-electron chi connectivity index (χ3n) is 3.94. The van der Waals surface area contributed by atoms with Gasteiger partial charge in [-0.15, -0.1) is 11.3 Å². The van der Waals surface area contributed by atoms with E-state index in [4.69, 9.17) is 5.11 Å². The summed E-state index contributed by atoms with van der Waals surface area (Å²) in [6.45, 7) is 0. The van der Waals surface area contributed by atoms with E-state index in [9.17, 15) is 9.59 Å². The van der Waals surface area contributed by atoms with Crippen LogP contribution in [0.2, 0.25) is 0 Å². The first kappa shape index (κ1) is 14.7. The highest BCUT2D eigenvalue weighted by molar-refractivity contribution is 7.13. The number of nitrogens with zero attached hydrogens (tertiary/aromatic N) is 1. The molecule has 6 heteroatoms. The van der Waals surface area contributed by atoms with Crippen molar-refractivity contribution in [3.05, 3.63) is 41.4 Å². The number of aliphatic carboxylic acids is 1. The van der Waals surface area contributed by atoms with E-state index in [0.29, 0.717) is 18.5 Å². The zero-order chi connectivity index (χ0) is 15.6. The molecule has 5 nitrogen and oxygen atoms in total. The van der Waals surface area contributed by atoms with Crippen LogP contribution in [0, 0.1) is 0 Å². The van der Waals surface area contributed by atoms with Crippen molar-refractivity contribution in [2.45, 2.75) is 31.2 Å². The zero-order valence-electron chi connectivity index (χ0n) is 11.9. The maximum absolute atomic E-state index is 12.3. The second-order valence-electron chi connectivity index (χ2n) is 5.56. The number of thiazole rings is 1. The molecule has 0 spiro atoms. The van der Waals surface area contributed by atoms with Crippen molar-refractivity contribution in [2.24, 2.45) is 0 Å². The SMILES string of the molecule is O=C(O)CC1(NC(=O)c2csc(-c3ccccc3)n2)CCC1. The monoisotopic (exact) mass is 316 g/mol. The molecule has 0 unspecified atom stereocenters. The number of nitrogens with one attached hydrogen (secondary N) is 1. The van der Waals surface area contributed by atoms with Gasteiger partial charge >= 0.3 is 5.97 Å². The second-order valence-corrected chi connectivity index (χ2v) is 6.42. The Labute approximate surface area is 132 Å². The van der Waals surface area contributed by atoms with E-state index in [1.54, 1.807) is 5.38 Å². The first-order valence-corrected chi connectivity index (χ1v) is 8.01. The molecule has 1 aromatic heterocycles. The van der Waals surface area contributed by atoms with Crippen molar-refractivity contribution in [3.63, 3.8) is 0 Å². The summed E-state index contributed by atoms with van der Waals surface area (Å²) < 4.78 is 0. The van der Waals surface area contributed by atoms with Gasteiger partial charge in [-0.1, -0.05) is 30.3 Å². The molecular formula is C16H16N2O3S. The number of hydrogen-bond donors (Lipinski definition) is 2. The van der Waals surface area contributed by atoms with Crippen molar-refractivity contribution in [3.8, 4) is 10.6 Å². The summed E-state index contributed by atoms with van der Waals surface area (Å²) in [5.41, 5.74) is 0.718. The van der Waals surface area contributed by atoms with Crippen molar-refractivity contribution in [2.75, 3.05) is 0 Å². The van der Waals surface area contributed by atoms with Crippen LogP contribution in [0.1, 0.15) is 36.2 Å². The largest absolute Gasteiger partial charge is 0.481 e. The fourth-order valence-electron chi connectivity index (χ4n) is 2.64. The minimum absolute atomic E-state index is 0.0333. The molecular weight excluding hydrogens is 300 g/mol. The standard InChI is InChI=1S/C16H16N2O3S/c19-13(20)9-16(7-4-8-16)18-14(21)12-10-22-15(17-12)11-5-2-1-3-6-11/h1-3,5-6,10H,4,7-9H2,(H,18,21)(H,19,20). The van der Waals surface area contributed by atoms with Gasteiger partial charge in [0.15, 0.2) is 0 Å². The predicted molar refractivity (Wildman–Crippen MR) is 83.9 cm³/mol. The average Bonchev–Trinajstić information content (AvgIpc) is 2.95. The third-order valence-corrected chi connectivity index (χ3v) is 4.83. The van der Waals surface area contributed by atoms with Gasteiger partial charge in [0.1, 0.15) is 10.7 Å². The normalized spacial score (nSPS) is 15.8. The molecule has 1 aromatic carbocycles. The molecule has 1 amide bonds. The number of rotatable bonds is 5. The van der Waals surface area contributed by atoms with Crippen molar-refractivity contribution in [1.82, 2.24) is 10.3 Å². The van der Waals surface area contributed by atoms with Gasteiger partial charge in [0.2, 0.25) is 0 Å². The Morgan fingerprint density at radius 1 is 1.27 bits per heavy atom. The van der Waals surface area contributed by atoms with Crippen LogP contribution in [0.4, 0.5) is 0 Å². The molecule has 1 fully saturated rings. The fourth-order valence-corrected chi connectivity index (χ4v) is 3.44. The minimum atomic E-state index is -0.886. The van der Waals surface area contributed by atoms with Gasteiger partial charge in [0, 0.05) is 10.9 Å². The molecule has 0 atom stereocenters. The van der Waals surface area contributed by atoms with Gasteiger partial charge in [0.25, 0.3) is 5.91 Å². The fraction of sp³-hybridized carbons (Fsp3) is 0.312. The molecule has 1 aliphatic rings. The van der Waals surface area contributed by atoms with Crippen LogP contribution in [0.5, 0.6) is 0 Å². The Balaban J connectivity index is 1.73. The summed E-state index contributed by atoms with van der Waals surface area (Å²) in [6, 6.07) is 9.66. The predicted octanol–water partition coefficient (Wildman–Crippen LogP) is 2.94. The van der Waals surface area contributed by atoms with Crippen LogP contribution in [0.3, 0.4) is 0 Å². The first-order valence-electron chi connectivity index (χ1n) is 7.13. The number of carbonyl (C=O) groups excluding carboxylic acids is 1. The number of carboxylic acids is 1. The Morgan fingerprint density at radius 3 is 2.59 bits per heavy atom. The van der Waals surface area contributed by atoms with Gasteiger partial charge in [-0.2, -0.15) is 0 Å². The maximum atomic E-state index is 12.3. The number of aromatic nitrogens is 1. The molecule has 0 radical (unpaired) electrons. The molecule has 2 N–H and O–H groups in total. The quantitative estimate of drug-likeness (QED) is 0.889. The summed E-state index contributed by atoms with van der Waals surface area (Å²) >= 11 is 1.41. The number of benzene rings is 1. The van der Waals surface area contributed by atoms with Crippen LogP contribution >= 0.6 is 11.3 Å². The number of carbonyl (C=O) groups is 2. The Bertz CT molecular complexity index is 692.